The quantitative estimate of drug-likeness (QED) is 0.0848. The van der Waals surface area contributed by atoms with Gasteiger partial charge in [-0.3, -0.25) is 9.97 Å². The third kappa shape index (κ3) is 15.8. The first kappa shape index (κ1) is 53.1. The Labute approximate surface area is 393 Å². The fourth-order valence-corrected chi connectivity index (χ4v) is 9.30. The number of benzene rings is 4. The van der Waals surface area contributed by atoms with Crippen LogP contribution in [0, 0.1) is 0 Å². The van der Waals surface area contributed by atoms with Crippen molar-refractivity contribution in [3.8, 4) is 11.5 Å². The molecule has 0 radical (unpaired) electrons. The molecule has 4 N–H and O–H groups in total. The fraction of sp³-hybridized carbons (Fsp3) is 0.280. The van der Waals surface area contributed by atoms with Crippen LogP contribution in [0.25, 0.3) is 0 Å². The molecule has 0 aliphatic heterocycles. The maximum Gasteiger partial charge on any atom is 0.341 e. The Bertz CT molecular complexity index is 2570. The summed E-state index contributed by atoms with van der Waals surface area (Å²) in [6.45, 7) is 12.3. The number of nitrogens with zero attached hydrogens (tertiary/aromatic N) is 4. The van der Waals surface area contributed by atoms with E-state index in [-0.39, 0.29) is 52.3 Å². The molecule has 0 fully saturated rings. The van der Waals surface area contributed by atoms with E-state index in [1.807, 2.05) is 48.5 Å². The fourth-order valence-electron chi connectivity index (χ4n) is 6.54. The van der Waals surface area contributed by atoms with Crippen molar-refractivity contribution in [2.75, 3.05) is 13.2 Å². The molecule has 6 aromatic rings. The number of carboxylic acids is 2. The van der Waals surface area contributed by atoms with Gasteiger partial charge in [0.2, 0.25) is 20.0 Å². The van der Waals surface area contributed by atoms with E-state index in [0.29, 0.717) is 22.6 Å². The van der Waals surface area contributed by atoms with E-state index in [0.717, 1.165) is 22.3 Å². The Morgan fingerprint density at radius 1 is 0.507 bits per heavy atom. The van der Waals surface area contributed by atoms with Crippen molar-refractivity contribution in [2.45, 2.75) is 88.3 Å². The van der Waals surface area contributed by atoms with E-state index < -0.39 is 45.2 Å². The Hall–Kier alpha value is -6.50. The molecular weight excluding hydrogens is 897 g/mol. The van der Waals surface area contributed by atoms with Gasteiger partial charge < -0.3 is 25.2 Å². The second-order valence-electron chi connectivity index (χ2n) is 17.5. The number of aliphatic carboxylic acids is 2. The van der Waals surface area contributed by atoms with Gasteiger partial charge in [-0.2, -0.15) is 8.61 Å². The molecule has 0 atom stereocenters. The highest BCUT2D eigenvalue weighted by atomic mass is 32.2. The van der Waals surface area contributed by atoms with Crippen molar-refractivity contribution in [1.29, 1.82) is 0 Å². The number of rotatable bonds is 18. The number of pyridine rings is 2. The molecule has 6 rings (SSSR count). The number of hydrogen-bond donors (Lipinski definition) is 2. The lowest BCUT2D eigenvalue weighted by atomic mass is 9.87. The van der Waals surface area contributed by atoms with Crippen LogP contribution in [0.5, 0.6) is 11.5 Å². The highest BCUT2D eigenvalue weighted by Gasteiger charge is 2.27. The number of aromatic nitrogens is 2. The molecule has 0 unspecified atom stereocenters. The summed E-state index contributed by atoms with van der Waals surface area (Å²) in [5.74, 6) is -1.44. The zero-order chi connectivity index (χ0) is 48.1. The molecule has 0 spiro atoms. The molecule has 67 heavy (non-hydrogen) atoms. The highest BCUT2D eigenvalue weighted by Crippen LogP contribution is 2.28. The van der Waals surface area contributed by atoms with Crippen LogP contribution < -0.4 is 9.47 Å². The van der Waals surface area contributed by atoms with Crippen LogP contribution in [0.2, 0.25) is 0 Å². The normalized spacial score (nSPS) is 11.8. The third-order valence-electron chi connectivity index (χ3n) is 10.1. The summed E-state index contributed by atoms with van der Waals surface area (Å²) in [5, 5.41) is 17.7. The number of ether oxygens (including phenoxy) is 2. The van der Waals surface area contributed by atoms with Gasteiger partial charge in [0.1, 0.15) is 21.3 Å². The Balaban J connectivity index is 0.000000288. The molecule has 2 aromatic heterocycles. The molecule has 4 aromatic carbocycles. The summed E-state index contributed by atoms with van der Waals surface area (Å²) < 4.78 is 67.0. The minimum absolute atomic E-state index is 0. The van der Waals surface area contributed by atoms with E-state index in [1.165, 1.54) is 45.5 Å². The molecule has 17 heteroatoms. The first-order valence-corrected chi connectivity index (χ1v) is 23.9. The van der Waals surface area contributed by atoms with Crippen molar-refractivity contribution in [2.24, 2.45) is 0 Å². The zero-order valence-corrected chi connectivity index (χ0v) is 40.0. The van der Waals surface area contributed by atoms with E-state index in [1.54, 1.807) is 60.7 Å². The highest BCUT2D eigenvalue weighted by molar-refractivity contribution is 7.89. The third-order valence-corrected chi connectivity index (χ3v) is 13.7. The van der Waals surface area contributed by atoms with Gasteiger partial charge in [-0.15, -0.1) is 0 Å². The predicted octanol–water partition coefficient (Wildman–Crippen LogP) is 7.64. The minimum Gasteiger partial charge on any atom is -0.482 e. The van der Waals surface area contributed by atoms with Crippen molar-refractivity contribution in [1.82, 2.24) is 18.6 Å². The molecule has 0 bridgehead atoms. The molecule has 0 saturated carbocycles. The molecule has 0 amide bonds. The topological polar surface area (TPSA) is 225 Å². The van der Waals surface area contributed by atoms with Gasteiger partial charge >= 0.3 is 11.9 Å². The maximum absolute atomic E-state index is 13.4. The van der Waals surface area contributed by atoms with Gasteiger partial charge in [0, 0.05) is 51.0 Å². The lowest BCUT2D eigenvalue weighted by molar-refractivity contribution is -0.140. The van der Waals surface area contributed by atoms with E-state index in [9.17, 15) is 26.4 Å². The molecular formula is C50H58N4O11S2. The van der Waals surface area contributed by atoms with Crippen LogP contribution in [-0.2, 0) is 66.6 Å². The van der Waals surface area contributed by atoms with E-state index in [2.05, 4.69) is 51.5 Å². The largest absolute Gasteiger partial charge is 0.482 e. The Kier molecular flexibility index (Phi) is 18.5. The molecule has 15 nitrogen and oxygen atoms in total. The summed E-state index contributed by atoms with van der Waals surface area (Å²) in [6.07, 6.45) is 5.71. The van der Waals surface area contributed by atoms with Crippen LogP contribution in [0.1, 0.15) is 74.9 Å². The van der Waals surface area contributed by atoms with Crippen LogP contribution in [0.15, 0.2) is 156 Å². The Morgan fingerprint density at radius 3 is 1.15 bits per heavy atom. The Morgan fingerprint density at radius 2 is 0.851 bits per heavy atom. The molecule has 356 valence electrons. The van der Waals surface area contributed by atoms with Crippen molar-refractivity contribution in [3.05, 3.63) is 179 Å². The van der Waals surface area contributed by atoms with Crippen LogP contribution >= 0.6 is 0 Å². The number of carbonyl (C=O) groups is 2. The first-order valence-electron chi connectivity index (χ1n) is 21.0. The van der Waals surface area contributed by atoms with E-state index in [4.69, 9.17) is 19.7 Å². The van der Waals surface area contributed by atoms with Crippen LogP contribution in [0.3, 0.4) is 0 Å². The monoisotopic (exact) mass is 954 g/mol. The summed E-state index contributed by atoms with van der Waals surface area (Å²) in [6, 6.07) is 35.6. The van der Waals surface area contributed by atoms with E-state index >= 15 is 0 Å². The average Bonchev–Trinajstić information content (AvgIpc) is 3.28. The van der Waals surface area contributed by atoms with Crippen LogP contribution in [-0.4, -0.2) is 76.3 Å². The number of carboxylic acid groups (broad SMARTS) is 2. The summed E-state index contributed by atoms with van der Waals surface area (Å²) in [4.78, 5) is 29.7. The lowest BCUT2D eigenvalue weighted by Gasteiger charge is -2.24. The SMILES string of the molecule is CC(C)(C)c1ccc(CN(Cc2cccc(OCC(=O)O)c2)S(=O)(=O)c2cccnc2)cc1.CC(C)(C)c1ccc(CN(Cc2cccc(OCC(=O)O)c2)S(=O)(=O)c2cccnc2)cc1.O. The van der Waals surface area contributed by atoms with Crippen molar-refractivity contribution < 1.29 is 51.6 Å². The summed E-state index contributed by atoms with van der Waals surface area (Å²) in [5.41, 5.74) is 5.38. The first-order chi connectivity index (χ1) is 31.1. The standard InChI is InChI=1S/2C25H28N2O5S.H2O/c2*1-25(2,3)21-11-9-19(10-12-21)16-27(33(30,31)23-8-5-13-26-15-23)17-20-6-4-7-22(14-20)32-18-24(28)29;/h2*4-15H,16-18H2,1-3H3,(H,28,29);1H2. The lowest BCUT2D eigenvalue weighted by Crippen LogP contribution is -2.30. The minimum atomic E-state index is -3.84. The van der Waals surface area contributed by atoms with Crippen LogP contribution in [0.4, 0.5) is 0 Å². The molecule has 0 saturated heterocycles. The molecule has 0 aliphatic carbocycles. The molecule has 0 aliphatic rings. The predicted molar refractivity (Wildman–Crippen MR) is 254 cm³/mol. The molecule has 2 heterocycles. The summed E-state index contributed by atoms with van der Waals surface area (Å²) in [7, 11) is -7.68. The van der Waals surface area contributed by atoms with Gasteiger partial charge in [-0.1, -0.05) is 114 Å². The van der Waals surface area contributed by atoms with Gasteiger partial charge in [0.25, 0.3) is 0 Å². The van der Waals surface area contributed by atoms with Gasteiger partial charge in [0.05, 0.1) is 0 Å². The number of hydrogen-bond acceptors (Lipinski definition) is 10. The van der Waals surface area contributed by atoms with Crippen molar-refractivity contribution >= 4 is 32.0 Å². The smallest absolute Gasteiger partial charge is 0.341 e. The second kappa shape index (κ2) is 23.3. The van der Waals surface area contributed by atoms with Gasteiger partial charge in [-0.05, 0) is 92.7 Å². The number of sulfonamides is 2. The summed E-state index contributed by atoms with van der Waals surface area (Å²) >= 11 is 0. The van der Waals surface area contributed by atoms with Gasteiger partial charge in [0.15, 0.2) is 13.2 Å². The second-order valence-corrected chi connectivity index (χ2v) is 21.4. The van der Waals surface area contributed by atoms with Crippen molar-refractivity contribution in [3.63, 3.8) is 0 Å². The zero-order valence-electron chi connectivity index (χ0n) is 38.4. The average molecular weight is 955 g/mol. The maximum atomic E-state index is 13.4. The van der Waals surface area contributed by atoms with Gasteiger partial charge in [-0.25, -0.2) is 26.4 Å².